The van der Waals surface area contributed by atoms with E-state index in [1.807, 2.05) is 24.7 Å². The van der Waals surface area contributed by atoms with E-state index in [1.165, 1.54) is 7.11 Å². The summed E-state index contributed by atoms with van der Waals surface area (Å²) in [5.74, 6) is 0.789. The quantitative estimate of drug-likeness (QED) is 0.771. The Labute approximate surface area is 94.3 Å². The highest BCUT2D eigenvalue weighted by atomic mass is 16.5. The predicted octanol–water partition coefficient (Wildman–Crippen LogP) is 1.20. The molecule has 16 heavy (non-hydrogen) atoms. The van der Waals surface area contributed by atoms with E-state index in [0.29, 0.717) is 18.2 Å². The summed E-state index contributed by atoms with van der Waals surface area (Å²) in [4.78, 5) is 11.1. The molecule has 1 fully saturated rings. The number of Topliss-reactive ketones (excluding diaryl/α,β-unsaturated/α-hetero) is 1. The van der Waals surface area contributed by atoms with Gasteiger partial charge < -0.3 is 9.47 Å². The maximum absolute atomic E-state index is 11.1. The van der Waals surface area contributed by atoms with Gasteiger partial charge in [0.2, 0.25) is 0 Å². The Morgan fingerprint density at radius 1 is 1.56 bits per heavy atom. The molecule has 0 spiro atoms. The van der Waals surface area contributed by atoms with Crippen molar-refractivity contribution in [3.05, 3.63) is 12.4 Å². The van der Waals surface area contributed by atoms with Crippen LogP contribution in [0.4, 0.5) is 0 Å². The molecule has 5 heteroatoms. The molecule has 0 saturated heterocycles. The first-order valence-corrected chi connectivity index (χ1v) is 5.38. The van der Waals surface area contributed by atoms with E-state index in [-0.39, 0.29) is 11.9 Å². The lowest BCUT2D eigenvalue weighted by Crippen LogP contribution is -2.51. The number of aromatic nitrogens is 2. The van der Waals surface area contributed by atoms with Crippen LogP contribution in [-0.4, -0.2) is 34.9 Å². The first kappa shape index (κ1) is 11.1. The molecular formula is C11H16N2O3. The fraction of sp³-hybridized carbons (Fsp3) is 0.636. The van der Waals surface area contributed by atoms with Crippen LogP contribution < -0.4 is 4.74 Å². The third-order valence-corrected chi connectivity index (χ3v) is 2.71. The molecule has 1 heterocycles. The van der Waals surface area contributed by atoms with Crippen LogP contribution in [0.2, 0.25) is 0 Å². The standard InChI is InChI=1S/C11H16N2O3/c1-7(2)13-6-8(5-12-13)16-10-4-9(14)11(10)15-3/h5-7,10-11H,4H2,1-3H3. The van der Waals surface area contributed by atoms with Gasteiger partial charge in [0.25, 0.3) is 0 Å². The number of ketones is 1. The van der Waals surface area contributed by atoms with Gasteiger partial charge in [-0.15, -0.1) is 0 Å². The third kappa shape index (κ3) is 1.95. The molecule has 0 bridgehead atoms. The molecular weight excluding hydrogens is 208 g/mol. The third-order valence-electron chi connectivity index (χ3n) is 2.71. The molecule has 0 aromatic carbocycles. The molecule has 0 radical (unpaired) electrons. The molecule has 1 saturated carbocycles. The van der Waals surface area contributed by atoms with Crippen molar-refractivity contribution in [1.29, 1.82) is 0 Å². The minimum atomic E-state index is -0.414. The molecule has 5 nitrogen and oxygen atoms in total. The predicted molar refractivity (Wildman–Crippen MR) is 57.4 cm³/mol. The van der Waals surface area contributed by atoms with Crippen molar-refractivity contribution in [2.24, 2.45) is 0 Å². The van der Waals surface area contributed by atoms with Crippen molar-refractivity contribution in [1.82, 2.24) is 9.78 Å². The van der Waals surface area contributed by atoms with Gasteiger partial charge in [-0.25, -0.2) is 0 Å². The molecule has 0 N–H and O–H groups in total. The van der Waals surface area contributed by atoms with E-state index < -0.39 is 6.10 Å². The maximum Gasteiger partial charge on any atom is 0.169 e. The highest BCUT2D eigenvalue weighted by Gasteiger charge is 2.42. The van der Waals surface area contributed by atoms with Gasteiger partial charge in [0.1, 0.15) is 6.10 Å². The van der Waals surface area contributed by atoms with Gasteiger partial charge in [-0.05, 0) is 13.8 Å². The lowest BCUT2D eigenvalue weighted by molar-refractivity contribution is -0.150. The largest absolute Gasteiger partial charge is 0.483 e. The number of nitrogens with zero attached hydrogens (tertiary/aromatic N) is 2. The van der Waals surface area contributed by atoms with Crippen molar-refractivity contribution >= 4 is 5.78 Å². The molecule has 88 valence electrons. The smallest absolute Gasteiger partial charge is 0.169 e. The van der Waals surface area contributed by atoms with Crippen LogP contribution >= 0.6 is 0 Å². The first-order chi connectivity index (χ1) is 7.61. The molecule has 2 rings (SSSR count). The van der Waals surface area contributed by atoms with Crippen molar-refractivity contribution in [2.75, 3.05) is 7.11 Å². The van der Waals surface area contributed by atoms with Crippen molar-refractivity contribution in [2.45, 2.75) is 38.5 Å². The maximum atomic E-state index is 11.1. The van der Waals surface area contributed by atoms with Gasteiger partial charge in [-0.1, -0.05) is 0 Å². The molecule has 2 unspecified atom stereocenters. The highest BCUT2D eigenvalue weighted by molar-refractivity contribution is 5.90. The number of rotatable bonds is 4. The molecule has 2 atom stereocenters. The second kappa shape index (κ2) is 4.25. The van der Waals surface area contributed by atoms with E-state index >= 15 is 0 Å². The summed E-state index contributed by atoms with van der Waals surface area (Å²) in [5, 5.41) is 4.16. The summed E-state index contributed by atoms with van der Waals surface area (Å²) in [5.41, 5.74) is 0. The Kier molecular flexibility index (Phi) is 2.96. The molecule has 1 aliphatic rings. The number of hydrogen-bond donors (Lipinski definition) is 0. The topological polar surface area (TPSA) is 53.4 Å². The fourth-order valence-electron chi connectivity index (χ4n) is 1.69. The van der Waals surface area contributed by atoms with E-state index in [9.17, 15) is 4.79 Å². The monoisotopic (exact) mass is 224 g/mol. The van der Waals surface area contributed by atoms with Crippen LogP contribution in [0.3, 0.4) is 0 Å². The number of carbonyl (C=O) groups excluding carboxylic acids is 1. The Morgan fingerprint density at radius 2 is 2.31 bits per heavy atom. The molecule has 0 amide bonds. The summed E-state index contributed by atoms with van der Waals surface area (Å²) in [7, 11) is 1.52. The van der Waals surface area contributed by atoms with E-state index in [0.717, 1.165) is 0 Å². The average Bonchev–Trinajstić information content (AvgIpc) is 2.66. The Morgan fingerprint density at radius 3 is 2.81 bits per heavy atom. The van der Waals surface area contributed by atoms with Crippen LogP contribution in [-0.2, 0) is 9.53 Å². The van der Waals surface area contributed by atoms with Gasteiger partial charge in [0, 0.05) is 19.6 Å². The van der Waals surface area contributed by atoms with E-state index in [2.05, 4.69) is 5.10 Å². The Hall–Kier alpha value is -1.36. The van der Waals surface area contributed by atoms with E-state index in [1.54, 1.807) is 6.20 Å². The minimum Gasteiger partial charge on any atom is -0.483 e. The fourth-order valence-corrected chi connectivity index (χ4v) is 1.69. The van der Waals surface area contributed by atoms with Gasteiger partial charge in [0.05, 0.1) is 12.4 Å². The molecule has 1 aromatic rings. The Balaban J connectivity index is 1.97. The van der Waals surface area contributed by atoms with Crippen LogP contribution in [0, 0.1) is 0 Å². The summed E-state index contributed by atoms with van der Waals surface area (Å²) in [6.45, 7) is 4.09. The molecule has 1 aromatic heterocycles. The Bertz CT molecular complexity index is 386. The minimum absolute atomic E-state index is 0.101. The lowest BCUT2D eigenvalue weighted by Gasteiger charge is -2.33. The summed E-state index contributed by atoms with van der Waals surface area (Å²) < 4.78 is 12.5. The number of hydrogen-bond acceptors (Lipinski definition) is 4. The van der Waals surface area contributed by atoms with Gasteiger partial charge >= 0.3 is 0 Å². The van der Waals surface area contributed by atoms with Gasteiger partial charge in [-0.2, -0.15) is 5.10 Å². The van der Waals surface area contributed by atoms with Crippen LogP contribution in [0.1, 0.15) is 26.3 Å². The van der Waals surface area contributed by atoms with Crippen LogP contribution in [0.5, 0.6) is 5.75 Å². The van der Waals surface area contributed by atoms with Gasteiger partial charge in [-0.3, -0.25) is 9.48 Å². The van der Waals surface area contributed by atoms with Crippen molar-refractivity contribution in [3.63, 3.8) is 0 Å². The molecule has 1 aliphatic carbocycles. The molecule has 0 aliphatic heterocycles. The number of carbonyl (C=O) groups is 1. The zero-order valence-electron chi connectivity index (χ0n) is 9.71. The first-order valence-electron chi connectivity index (χ1n) is 5.38. The van der Waals surface area contributed by atoms with Crippen molar-refractivity contribution in [3.8, 4) is 5.75 Å². The lowest BCUT2D eigenvalue weighted by atomic mass is 9.90. The summed E-state index contributed by atoms with van der Waals surface area (Å²) in [6, 6.07) is 0.304. The second-order valence-electron chi connectivity index (χ2n) is 4.23. The number of ether oxygens (including phenoxy) is 2. The number of methoxy groups -OCH3 is 1. The summed E-state index contributed by atoms with van der Waals surface area (Å²) >= 11 is 0. The summed E-state index contributed by atoms with van der Waals surface area (Å²) in [6.07, 6.45) is 3.34. The second-order valence-corrected chi connectivity index (χ2v) is 4.23. The zero-order valence-corrected chi connectivity index (χ0v) is 9.71. The normalized spacial score (nSPS) is 24.6. The van der Waals surface area contributed by atoms with Crippen LogP contribution in [0.25, 0.3) is 0 Å². The van der Waals surface area contributed by atoms with Crippen molar-refractivity contribution < 1.29 is 14.3 Å². The van der Waals surface area contributed by atoms with Gasteiger partial charge in [0.15, 0.2) is 17.6 Å². The highest BCUT2D eigenvalue weighted by Crippen LogP contribution is 2.25. The zero-order chi connectivity index (χ0) is 11.7. The average molecular weight is 224 g/mol. The SMILES string of the molecule is COC1C(=O)CC1Oc1cnn(C(C)C)c1. The van der Waals surface area contributed by atoms with Crippen LogP contribution in [0.15, 0.2) is 12.4 Å². The van der Waals surface area contributed by atoms with E-state index in [4.69, 9.17) is 9.47 Å².